The zero-order chi connectivity index (χ0) is 22.8. The van der Waals surface area contributed by atoms with E-state index in [0.717, 1.165) is 17.5 Å². The highest BCUT2D eigenvalue weighted by Crippen LogP contribution is 2.33. The number of benzene rings is 2. The minimum Gasteiger partial charge on any atom is -0.335 e. The minimum atomic E-state index is -0.420. The lowest BCUT2D eigenvalue weighted by Crippen LogP contribution is -2.40. The highest BCUT2D eigenvalue weighted by molar-refractivity contribution is 7.14. The van der Waals surface area contributed by atoms with Gasteiger partial charge in [-0.3, -0.25) is 19.7 Å². The number of nitro benzene ring substituents is 1. The molecule has 1 unspecified atom stereocenters. The van der Waals surface area contributed by atoms with Gasteiger partial charge < -0.3 is 10.2 Å². The predicted octanol–water partition coefficient (Wildman–Crippen LogP) is 4.50. The molecule has 2 amide bonds. The van der Waals surface area contributed by atoms with Gasteiger partial charge in [-0.05, 0) is 24.5 Å². The third-order valence-corrected chi connectivity index (χ3v) is 6.41. The Hall–Kier alpha value is -3.59. The standard InChI is InChI=1S/C23H22N4O4S/c1-14-7-8-17(11-20(14)27(30)31)19-13-32-23(24-19)25-22(29)12-21-18-6-4-3-5-16(18)9-10-26(21)15(2)28/h3-8,11,13,21H,9-10,12H2,1-2H3,(H,24,25,29). The number of hydrogen-bond donors (Lipinski definition) is 1. The van der Waals surface area contributed by atoms with Crippen LogP contribution in [0.15, 0.2) is 47.8 Å². The Bertz CT molecular complexity index is 1210. The van der Waals surface area contributed by atoms with E-state index in [-0.39, 0.29) is 30.0 Å². The number of aryl methyl sites for hydroxylation is 1. The molecule has 8 nitrogen and oxygen atoms in total. The SMILES string of the molecule is CC(=O)N1CCc2ccccc2C1CC(=O)Nc1nc(-c2ccc(C)c([N+](=O)[O-])c2)cs1. The van der Waals surface area contributed by atoms with Crippen LogP contribution >= 0.6 is 11.3 Å². The van der Waals surface area contributed by atoms with E-state index >= 15 is 0 Å². The number of nitro groups is 1. The van der Waals surface area contributed by atoms with Crippen molar-refractivity contribution >= 4 is 34.0 Å². The molecule has 32 heavy (non-hydrogen) atoms. The molecule has 1 aliphatic rings. The molecule has 0 saturated heterocycles. The van der Waals surface area contributed by atoms with E-state index in [4.69, 9.17) is 0 Å². The number of aromatic nitrogens is 1. The molecule has 3 aromatic rings. The Kier molecular flexibility index (Phi) is 6.00. The fourth-order valence-electron chi connectivity index (χ4n) is 4.02. The first-order valence-corrected chi connectivity index (χ1v) is 11.1. The summed E-state index contributed by atoms with van der Waals surface area (Å²) in [5.74, 6) is -0.302. The van der Waals surface area contributed by atoms with Gasteiger partial charge in [0, 0.05) is 36.0 Å². The third-order valence-electron chi connectivity index (χ3n) is 5.65. The number of rotatable bonds is 5. The second kappa shape index (κ2) is 8.88. The van der Waals surface area contributed by atoms with Crippen molar-refractivity contribution in [3.05, 3.63) is 74.6 Å². The summed E-state index contributed by atoms with van der Waals surface area (Å²) in [6, 6.07) is 12.5. The van der Waals surface area contributed by atoms with Crippen molar-refractivity contribution in [3.63, 3.8) is 0 Å². The summed E-state index contributed by atoms with van der Waals surface area (Å²) in [4.78, 5) is 41.9. The summed E-state index contributed by atoms with van der Waals surface area (Å²) in [6.45, 7) is 3.78. The summed E-state index contributed by atoms with van der Waals surface area (Å²) < 4.78 is 0. The van der Waals surface area contributed by atoms with Crippen LogP contribution < -0.4 is 5.32 Å². The molecule has 1 N–H and O–H groups in total. The first-order chi connectivity index (χ1) is 15.3. The molecule has 9 heteroatoms. The van der Waals surface area contributed by atoms with E-state index in [1.54, 1.807) is 29.3 Å². The van der Waals surface area contributed by atoms with Gasteiger partial charge in [0.25, 0.3) is 5.69 Å². The lowest BCUT2D eigenvalue weighted by molar-refractivity contribution is -0.385. The van der Waals surface area contributed by atoms with Gasteiger partial charge in [-0.2, -0.15) is 0 Å². The van der Waals surface area contributed by atoms with Crippen molar-refractivity contribution in [2.45, 2.75) is 32.7 Å². The van der Waals surface area contributed by atoms with Crippen LogP contribution in [-0.4, -0.2) is 33.2 Å². The highest BCUT2D eigenvalue weighted by atomic mass is 32.1. The second-order valence-electron chi connectivity index (χ2n) is 7.73. The number of nitrogens with zero attached hydrogens (tertiary/aromatic N) is 3. The van der Waals surface area contributed by atoms with E-state index in [9.17, 15) is 19.7 Å². The molecule has 164 valence electrons. The highest BCUT2D eigenvalue weighted by Gasteiger charge is 2.30. The molecule has 0 radical (unpaired) electrons. The molecular formula is C23H22N4O4S. The Labute approximate surface area is 189 Å². The van der Waals surface area contributed by atoms with E-state index in [1.807, 2.05) is 24.3 Å². The summed E-state index contributed by atoms with van der Waals surface area (Å²) in [7, 11) is 0. The van der Waals surface area contributed by atoms with Crippen LogP contribution in [0.4, 0.5) is 10.8 Å². The minimum absolute atomic E-state index is 0.0290. The van der Waals surface area contributed by atoms with Gasteiger partial charge in [-0.1, -0.05) is 36.4 Å². The molecule has 2 aromatic carbocycles. The molecule has 1 aromatic heterocycles. The van der Waals surface area contributed by atoms with Crippen molar-refractivity contribution in [2.24, 2.45) is 0 Å². The number of amides is 2. The van der Waals surface area contributed by atoms with Gasteiger partial charge in [-0.15, -0.1) is 11.3 Å². The molecule has 0 aliphatic carbocycles. The normalized spacial score (nSPS) is 15.2. The Morgan fingerprint density at radius 1 is 1.28 bits per heavy atom. The van der Waals surface area contributed by atoms with Gasteiger partial charge in [0.1, 0.15) is 0 Å². The van der Waals surface area contributed by atoms with Crippen molar-refractivity contribution in [1.29, 1.82) is 0 Å². The maximum atomic E-state index is 12.8. The monoisotopic (exact) mass is 450 g/mol. The fraction of sp³-hybridized carbons (Fsp3) is 0.261. The van der Waals surface area contributed by atoms with E-state index in [0.29, 0.717) is 28.5 Å². The maximum Gasteiger partial charge on any atom is 0.272 e. The molecule has 1 aliphatic heterocycles. The van der Waals surface area contributed by atoms with Gasteiger partial charge >= 0.3 is 0 Å². The van der Waals surface area contributed by atoms with Crippen molar-refractivity contribution < 1.29 is 14.5 Å². The topological polar surface area (TPSA) is 105 Å². The number of carbonyl (C=O) groups excluding carboxylic acids is 2. The van der Waals surface area contributed by atoms with Gasteiger partial charge in [0.05, 0.1) is 23.1 Å². The molecular weight excluding hydrogens is 428 g/mol. The Morgan fingerprint density at radius 3 is 2.81 bits per heavy atom. The van der Waals surface area contributed by atoms with Crippen molar-refractivity contribution in [2.75, 3.05) is 11.9 Å². The van der Waals surface area contributed by atoms with Gasteiger partial charge in [0.2, 0.25) is 11.8 Å². The average molecular weight is 451 g/mol. The summed E-state index contributed by atoms with van der Waals surface area (Å²) in [6.07, 6.45) is 0.897. The van der Waals surface area contributed by atoms with E-state index in [1.165, 1.54) is 24.3 Å². The zero-order valence-electron chi connectivity index (χ0n) is 17.7. The van der Waals surface area contributed by atoms with Crippen LogP contribution in [0.1, 0.15) is 36.1 Å². The summed E-state index contributed by atoms with van der Waals surface area (Å²) >= 11 is 1.25. The first kappa shape index (κ1) is 21.6. The molecule has 0 bridgehead atoms. The zero-order valence-corrected chi connectivity index (χ0v) is 18.5. The Morgan fingerprint density at radius 2 is 2.06 bits per heavy atom. The van der Waals surface area contributed by atoms with Crippen LogP contribution in [0, 0.1) is 17.0 Å². The number of thiazole rings is 1. The van der Waals surface area contributed by atoms with E-state index in [2.05, 4.69) is 10.3 Å². The predicted molar refractivity (Wildman–Crippen MR) is 122 cm³/mol. The molecule has 2 heterocycles. The lowest BCUT2D eigenvalue weighted by atomic mass is 9.90. The second-order valence-corrected chi connectivity index (χ2v) is 8.58. The number of carbonyl (C=O) groups is 2. The van der Waals surface area contributed by atoms with Gasteiger partial charge in [-0.25, -0.2) is 4.98 Å². The van der Waals surface area contributed by atoms with Crippen molar-refractivity contribution in [3.8, 4) is 11.3 Å². The average Bonchev–Trinajstić information content (AvgIpc) is 3.22. The molecule has 0 spiro atoms. The number of nitrogens with one attached hydrogen (secondary N) is 1. The van der Waals surface area contributed by atoms with E-state index < -0.39 is 4.92 Å². The largest absolute Gasteiger partial charge is 0.335 e. The summed E-state index contributed by atoms with van der Waals surface area (Å²) in [5.41, 5.74) is 3.92. The fourth-order valence-corrected chi connectivity index (χ4v) is 4.76. The summed E-state index contributed by atoms with van der Waals surface area (Å²) in [5, 5.41) is 16.2. The van der Waals surface area contributed by atoms with Crippen LogP contribution in [0.5, 0.6) is 0 Å². The van der Waals surface area contributed by atoms with Crippen LogP contribution in [0.3, 0.4) is 0 Å². The molecule has 0 fully saturated rings. The molecule has 1 atom stereocenters. The number of fused-ring (bicyclic) bond motifs is 1. The quantitative estimate of drug-likeness (QED) is 0.455. The molecule has 0 saturated carbocycles. The third kappa shape index (κ3) is 4.38. The van der Waals surface area contributed by atoms with Crippen molar-refractivity contribution in [1.82, 2.24) is 9.88 Å². The lowest BCUT2D eigenvalue weighted by Gasteiger charge is -2.36. The smallest absolute Gasteiger partial charge is 0.272 e. The number of hydrogen-bond acceptors (Lipinski definition) is 6. The van der Waals surface area contributed by atoms with Crippen LogP contribution in [-0.2, 0) is 16.0 Å². The maximum absolute atomic E-state index is 12.8. The first-order valence-electron chi connectivity index (χ1n) is 10.2. The number of anilines is 1. The van der Waals surface area contributed by atoms with Crippen LogP contribution in [0.25, 0.3) is 11.3 Å². The Balaban J connectivity index is 1.51. The van der Waals surface area contributed by atoms with Gasteiger partial charge in [0.15, 0.2) is 5.13 Å². The molecule has 4 rings (SSSR count). The van der Waals surface area contributed by atoms with Crippen LogP contribution in [0.2, 0.25) is 0 Å².